The van der Waals surface area contributed by atoms with Gasteiger partial charge in [-0.1, -0.05) is 12.1 Å². The van der Waals surface area contributed by atoms with Crippen LogP contribution in [0.1, 0.15) is 31.2 Å². The molecule has 2 fully saturated rings. The summed E-state index contributed by atoms with van der Waals surface area (Å²) in [5.41, 5.74) is 1.33. The molecule has 4 heteroatoms. The summed E-state index contributed by atoms with van der Waals surface area (Å²) in [4.78, 5) is 14.1. The first-order valence-corrected chi connectivity index (χ1v) is 7.25. The van der Waals surface area contributed by atoms with Gasteiger partial charge in [-0.05, 0) is 37.0 Å². The van der Waals surface area contributed by atoms with Gasteiger partial charge in [-0.25, -0.2) is 0 Å². The second-order valence-corrected chi connectivity index (χ2v) is 5.72. The first-order chi connectivity index (χ1) is 9.69. The van der Waals surface area contributed by atoms with E-state index in [0.717, 1.165) is 25.1 Å². The topological polar surface area (TPSA) is 38.8 Å². The standard InChI is InChI=1S/C16H21NO3/c1-11-9-13(12-3-5-14(19-2)6-4-12)10-17(11)15-7-8-20-16(15)18/h3-6,11,13,15H,7-10H2,1-2H3/t11-,13+,15-/m0/s1. The highest BCUT2D eigenvalue weighted by Crippen LogP contribution is 2.35. The maximum atomic E-state index is 11.8. The number of rotatable bonds is 3. The van der Waals surface area contributed by atoms with Crippen LogP contribution in [0.3, 0.4) is 0 Å². The molecule has 1 aromatic carbocycles. The van der Waals surface area contributed by atoms with Gasteiger partial charge in [-0.3, -0.25) is 9.69 Å². The molecular formula is C16H21NO3. The van der Waals surface area contributed by atoms with Crippen LogP contribution in [0.15, 0.2) is 24.3 Å². The molecule has 3 rings (SSSR count). The maximum Gasteiger partial charge on any atom is 0.323 e. The van der Waals surface area contributed by atoms with Gasteiger partial charge < -0.3 is 9.47 Å². The van der Waals surface area contributed by atoms with Gasteiger partial charge in [0.2, 0.25) is 0 Å². The number of hydrogen-bond donors (Lipinski definition) is 0. The van der Waals surface area contributed by atoms with Crippen molar-refractivity contribution in [2.45, 2.75) is 37.8 Å². The van der Waals surface area contributed by atoms with Crippen molar-refractivity contribution < 1.29 is 14.3 Å². The smallest absolute Gasteiger partial charge is 0.323 e. The Bertz CT molecular complexity index is 485. The number of nitrogens with zero attached hydrogens (tertiary/aromatic N) is 1. The van der Waals surface area contributed by atoms with Gasteiger partial charge in [0, 0.05) is 19.0 Å². The fourth-order valence-electron chi connectivity index (χ4n) is 3.39. The van der Waals surface area contributed by atoms with Crippen LogP contribution < -0.4 is 4.74 Å². The summed E-state index contributed by atoms with van der Waals surface area (Å²) in [6.45, 7) is 3.71. The molecule has 20 heavy (non-hydrogen) atoms. The average molecular weight is 275 g/mol. The summed E-state index contributed by atoms with van der Waals surface area (Å²) in [6.07, 6.45) is 1.93. The summed E-state index contributed by atoms with van der Waals surface area (Å²) in [6, 6.07) is 8.67. The van der Waals surface area contributed by atoms with Crippen molar-refractivity contribution in [2.24, 2.45) is 0 Å². The Labute approximate surface area is 119 Å². The molecule has 0 saturated carbocycles. The number of carbonyl (C=O) groups is 1. The lowest BCUT2D eigenvalue weighted by Crippen LogP contribution is -2.40. The molecule has 2 heterocycles. The van der Waals surface area contributed by atoms with Crippen LogP contribution in [-0.4, -0.2) is 43.2 Å². The normalized spacial score (nSPS) is 30.5. The van der Waals surface area contributed by atoms with E-state index in [-0.39, 0.29) is 12.0 Å². The van der Waals surface area contributed by atoms with E-state index in [4.69, 9.17) is 9.47 Å². The summed E-state index contributed by atoms with van der Waals surface area (Å²) in [5, 5.41) is 0. The largest absolute Gasteiger partial charge is 0.497 e. The zero-order valence-corrected chi connectivity index (χ0v) is 12.0. The molecular weight excluding hydrogens is 254 g/mol. The molecule has 0 N–H and O–H groups in total. The predicted octanol–water partition coefficient (Wildman–Crippen LogP) is 2.19. The molecule has 2 saturated heterocycles. The van der Waals surface area contributed by atoms with Crippen LogP contribution in [0, 0.1) is 0 Å². The van der Waals surface area contributed by atoms with Crippen molar-refractivity contribution in [2.75, 3.05) is 20.3 Å². The van der Waals surface area contributed by atoms with E-state index in [1.807, 2.05) is 12.1 Å². The highest BCUT2D eigenvalue weighted by molar-refractivity contribution is 5.77. The number of likely N-dealkylation sites (tertiary alicyclic amines) is 1. The lowest BCUT2D eigenvalue weighted by molar-refractivity contribution is -0.142. The summed E-state index contributed by atoms with van der Waals surface area (Å²) in [5.74, 6) is 1.33. The Kier molecular flexibility index (Phi) is 3.66. The highest BCUT2D eigenvalue weighted by Gasteiger charge is 2.40. The molecule has 2 aliphatic rings. The maximum absolute atomic E-state index is 11.8. The van der Waals surface area contributed by atoms with E-state index in [1.165, 1.54) is 5.56 Å². The number of hydrogen-bond acceptors (Lipinski definition) is 4. The van der Waals surface area contributed by atoms with Crippen LogP contribution in [0.25, 0.3) is 0 Å². The van der Waals surface area contributed by atoms with Crippen LogP contribution in [0.5, 0.6) is 5.75 Å². The lowest BCUT2D eigenvalue weighted by Gasteiger charge is -2.25. The molecule has 108 valence electrons. The number of cyclic esters (lactones) is 1. The number of carbonyl (C=O) groups excluding carboxylic acids is 1. The molecule has 0 bridgehead atoms. The third kappa shape index (κ3) is 2.40. The second-order valence-electron chi connectivity index (χ2n) is 5.72. The minimum atomic E-state index is -0.0489. The number of esters is 1. The number of ether oxygens (including phenoxy) is 2. The van der Waals surface area contributed by atoms with Crippen molar-refractivity contribution in [3.8, 4) is 5.75 Å². The van der Waals surface area contributed by atoms with Crippen molar-refractivity contribution in [3.63, 3.8) is 0 Å². The minimum Gasteiger partial charge on any atom is -0.497 e. The Balaban J connectivity index is 1.72. The van der Waals surface area contributed by atoms with Gasteiger partial charge in [-0.15, -0.1) is 0 Å². The summed E-state index contributed by atoms with van der Waals surface area (Å²) >= 11 is 0. The molecule has 2 aliphatic heterocycles. The van der Waals surface area contributed by atoms with Crippen LogP contribution in [0.4, 0.5) is 0 Å². The molecule has 0 aromatic heterocycles. The van der Waals surface area contributed by atoms with E-state index in [1.54, 1.807) is 7.11 Å². The van der Waals surface area contributed by atoms with Gasteiger partial charge in [0.15, 0.2) is 0 Å². The molecule has 0 aliphatic carbocycles. The SMILES string of the molecule is COc1ccc([C@@H]2C[C@H](C)N([C@H]3CCOC3=O)C2)cc1. The Morgan fingerprint density at radius 2 is 2.05 bits per heavy atom. The third-order valence-corrected chi connectivity index (χ3v) is 4.52. The highest BCUT2D eigenvalue weighted by atomic mass is 16.5. The third-order valence-electron chi connectivity index (χ3n) is 4.52. The summed E-state index contributed by atoms with van der Waals surface area (Å²) < 4.78 is 10.3. The predicted molar refractivity (Wildman–Crippen MR) is 75.9 cm³/mol. The molecule has 4 nitrogen and oxygen atoms in total. The van der Waals surface area contributed by atoms with Gasteiger partial charge in [0.1, 0.15) is 11.8 Å². The van der Waals surface area contributed by atoms with Crippen LogP contribution in [0.2, 0.25) is 0 Å². The van der Waals surface area contributed by atoms with Crippen molar-refractivity contribution in [3.05, 3.63) is 29.8 Å². The quantitative estimate of drug-likeness (QED) is 0.793. The first-order valence-electron chi connectivity index (χ1n) is 7.25. The fraction of sp³-hybridized carbons (Fsp3) is 0.562. The Morgan fingerprint density at radius 3 is 2.65 bits per heavy atom. The monoisotopic (exact) mass is 275 g/mol. The minimum absolute atomic E-state index is 0.0340. The van der Waals surface area contributed by atoms with E-state index in [2.05, 4.69) is 24.0 Å². The van der Waals surface area contributed by atoms with Crippen molar-refractivity contribution in [1.82, 2.24) is 4.90 Å². The molecule has 3 atom stereocenters. The van der Waals surface area contributed by atoms with Gasteiger partial charge >= 0.3 is 5.97 Å². The Morgan fingerprint density at radius 1 is 1.30 bits per heavy atom. The van der Waals surface area contributed by atoms with Gasteiger partial charge in [0.25, 0.3) is 0 Å². The molecule has 1 aromatic rings. The molecule has 0 radical (unpaired) electrons. The number of methoxy groups -OCH3 is 1. The van der Waals surface area contributed by atoms with Crippen molar-refractivity contribution in [1.29, 1.82) is 0 Å². The van der Waals surface area contributed by atoms with E-state index in [0.29, 0.717) is 18.6 Å². The molecule has 0 amide bonds. The first kappa shape index (κ1) is 13.4. The van der Waals surface area contributed by atoms with Crippen molar-refractivity contribution >= 4 is 5.97 Å². The zero-order valence-electron chi connectivity index (χ0n) is 12.0. The van der Waals surface area contributed by atoms with E-state index < -0.39 is 0 Å². The zero-order chi connectivity index (χ0) is 14.1. The van der Waals surface area contributed by atoms with Crippen LogP contribution in [-0.2, 0) is 9.53 Å². The fourth-order valence-corrected chi connectivity index (χ4v) is 3.39. The number of benzene rings is 1. The van der Waals surface area contributed by atoms with Crippen LogP contribution >= 0.6 is 0 Å². The summed E-state index contributed by atoms with van der Waals surface area (Å²) in [7, 11) is 1.68. The second kappa shape index (κ2) is 5.44. The average Bonchev–Trinajstić information content (AvgIpc) is 3.05. The molecule has 0 unspecified atom stereocenters. The molecule has 0 spiro atoms. The van der Waals surface area contributed by atoms with E-state index in [9.17, 15) is 4.79 Å². The van der Waals surface area contributed by atoms with Gasteiger partial charge in [-0.2, -0.15) is 0 Å². The van der Waals surface area contributed by atoms with E-state index >= 15 is 0 Å². The lowest BCUT2D eigenvalue weighted by atomic mass is 9.97. The van der Waals surface area contributed by atoms with Gasteiger partial charge in [0.05, 0.1) is 13.7 Å². The Hall–Kier alpha value is -1.55.